The molecule has 0 atom stereocenters. The number of phenols is 1. The topological polar surface area (TPSA) is 98.5 Å². The number of anilines is 3. The van der Waals surface area contributed by atoms with Gasteiger partial charge in [-0.25, -0.2) is 9.78 Å². The quantitative estimate of drug-likeness (QED) is 0.573. The number of pyridine rings is 1. The van der Waals surface area contributed by atoms with E-state index in [1.165, 1.54) is 0 Å². The molecule has 29 heavy (non-hydrogen) atoms. The number of phenolic OH excluding ortho intramolecular Hbond substituents is 1. The van der Waals surface area contributed by atoms with Crippen molar-refractivity contribution in [1.82, 2.24) is 20.1 Å². The number of nitrogens with one attached hydrogen (secondary N) is 2. The molecule has 0 unspecified atom stereocenters. The summed E-state index contributed by atoms with van der Waals surface area (Å²) in [5, 5.41) is 21.6. The van der Waals surface area contributed by atoms with Crippen LogP contribution in [0.15, 0.2) is 30.6 Å². The summed E-state index contributed by atoms with van der Waals surface area (Å²) in [6.45, 7) is 4.37. The SMILES string of the molecule is Cn1cc2c(O)c(NC(=O)N3CCc4c(N5CCNCC5)ccnc43)ccc2n1. The number of carbonyl (C=O) groups excluding carboxylic acids is 1. The fourth-order valence-corrected chi connectivity index (χ4v) is 4.15. The molecular formula is C20H23N7O2. The fraction of sp³-hybridized carbons (Fsp3) is 0.350. The van der Waals surface area contributed by atoms with Crippen LogP contribution in [0, 0.1) is 0 Å². The van der Waals surface area contributed by atoms with E-state index < -0.39 is 0 Å². The smallest absolute Gasteiger partial charge is 0.327 e. The highest BCUT2D eigenvalue weighted by Gasteiger charge is 2.30. The van der Waals surface area contributed by atoms with Crippen LogP contribution in [0.25, 0.3) is 10.9 Å². The number of hydrogen-bond acceptors (Lipinski definition) is 6. The Morgan fingerprint density at radius 2 is 2.03 bits per heavy atom. The molecule has 1 saturated heterocycles. The van der Waals surface area contributed by atoms with Gasteiger partial charge in [0.2, 0.25) is 0 Å². The van der Waals surface area contributed by atoms with E-state index >= 15 is 0 Å². The Kier molecular flexibility index (Phi) is 4.24. The van der Waals surface area contributed by atoms with E-state index in [1.807, 2.05) is 6.07 Å². The number of hydrogen-bond donors (Lipinski definition) is 3. The van der Waals surface area contributed by atoms with Crippen LogP contribution in [0.4, 0.5) is 22.0 Å². The van der Waals surface area contributed by atoms with Crippen LogP contribution >= 0.6 is 0 Å². The Morgan fingerprint density at radius 3 is 2.86 bits per heavy atom. The molecule has 150 valence electrons. The highest BCUT2D eigenvalue weighted by Crippen LogP contribution is 2.36. The molecule has 0 spiro atoms. The molecule has 5 rings (SSSR count). The first-order valence-corrected chi connectivity index (χ1v) is 9.79. The van der Waals surface area contributed by atoms with E-state index in [1.54, 1.807) is 41.2 Å². The van der Waals surface area contributed by atoms with Gasteiger partial charge in [-0.1, -0.05) is 0 Å². The minimum Gasteiger partial charge on any atom is -0.505 e. The third-order valence-electron chi connectivity index (χ3n) is 5.57. The van der Waals surface area contributed by atoms with Crippen LogP contribution in [-0.4, -0.2) is 58.6 Å². The Bertz CT molecular complexity index is 1090. The molecule has 2 amide bonds. The van der Waals surface area contributed by atoms with Gasteiger partial charge in [-0.15, -0.1) is 0 Å². The molecule has 1 fully saturated rings. The predicted molar refractivity (Wildman–Crippen MR) is 112 cm³/mol. The minimum absolute atomic E-state index is 0.0193. The lowest BCUT2D eigenvalue weighted by Gasteiger charge is -2.31. The molecular weight excluding hydrogens is 370 g/mol. The maximum Gasteiger partial charge on any atom is 0.327 e. The maximum absolute atomic E-state index is 13.0. The number of aryl methyl sites for hydroxylation is 1. The normalized spacial score (nSPS) is 16.3. The minimum atomic E-state index is -0.299. The lowest BCUT2D eigenvalue weighted by atomic mass is 10.1. The number of urea groups is 1. The molecule has 2 aromatic heterocycles. The van der Waals surface area contributed by atoms with Crippen molar-refractivity contribution in [2.24, 2.45) is 7.05 Å². The summed E-state index contributed by atoms with van der Waals surface area (Å²) in [5.41, 5.74) is 3.31. The van der Waals surface area contributed by atoms with Crippen LogP contribution in [-0.2, 0) is 13.5 Å². The zero-order valence-electron chi connectivity index (χ0n) is 16.2. The molecule has 2 aliphatic rings. The lowest BCUT2D eigenvalue weighted by Crippen LogP contribution is -2.43. The molecule has 3 N–H and O–H groups in total. The van der Waals surface area contributed by atoms with E-state index in [2.05, 4.69) is 25.6 Å². The van der Waals surface area contributed by atoms with Crippen LogP contribution in [0.3, 0.4) is 0 Å². The van der Waals surface area contributed by atoms with E-state index in [0.717, 1.165) is 43.9 Å². The summed E-state index contributed by atoms with van der Waals surface area (Å²) in [6.07, 6.45) is 4.26. The average Bonchev–Trinajstić information content (AvgIpc) is 3.34. The first-order chi connectivity index (χ1) is 14.1. The van der Waals surface area contributed by atoms with E-state index in [0.29, 0.717) is 29.0 Å². The molecule has 0 aliphatic carbocycles. The molecule has 3 aromatic rings. The first kappa shape index (κ1) is 17.7. The number of amides is 2. The Balaban J connectivity index is 1.41. The highest BCUT2D eigenvalue weighted by molar-refractivity contribution is 6.05. The molecule has 0 radical (unpaired) electrons. The van der Waals surface area contributed by atoms with Crippen molar-refractivity contribution < 1.29 is 9.90 Å². The summed E-state index contributed by atoms with van der Waals surface area (Å²) < 4.78 is 1.63. The number of benzene rings is 1. The van der Waals surface area contributed by atoms with Crippen LogP contribution in [0.1, 0.15) is 5.56 Å². The van der Waals surface area contributed by atoms with Gasteiger partial charge in [0.05, 0.1) is 16.6 Å². The van der Waals surface area contributed by atoms with Crippen LogP contribution in [0.2, 0.25) is 0 Å². The molecule has 9 nitrogen and oxygen atoms in total. The van der Waals surface area contributed by atoms with Gasteiger partial charge >= 0.3 is 6.03 Å². The van der Waals surface area contributed by atoms with Gasteiger partial charge in [0.15, 0.2) is 0 Å². The Morgan fingerprint density at radius 1 is 1.21 bits per heavy atom. The fourth-order valence-electron chi connectivity index (χ4n) is 4.15. The van der Waals surface area contributed by atoms with Crippen molar-refractivity contribution in [2.75, 3.05) is 47.8 Å². The number of fused-ring (bicyclic) bond motifs is 2. The molecule has 9 heteroatoms. The first-order valence-electron chi connectivity index (χ1n) is 9.79. The lowest BCUT2D eigenvalue weighted by molar-refractivity contribution is 0.257. The highest BCUT2D eigenvalue weighted by atomic mass is 16.3. The second-order valence-electron chi connectivity index (χ2n) is 7.40. The second-order valence-corrected chi connectivity index (χ2v) is 7.40. The molecule has 4 heterocycles. The standard InChI is InChI=1S/C20H23N7O2/c1-25-12-14-15(24-25)2-3-16(18(14)28)23-20(29)27-9-5-13-17(4-6-22-19(13)27)26-10-7-21-8-11-26/h2-4,6,12,21,28H,5,7-11H2,1H3,(H,23,29). The summed E-state index contributed by atoms with van der Waals surface area (Å²) in [7, 11) is 1.79. The molecule has 0 saturated carbocycles. The Labute approximate surface area is 167 Å². The van der Waals surface area contributed by atoms with Gasteiger partial charge in [-0.05, 0) is 24.6 Å². The number of piperazine rings is 1. The van der Waals surface area contributed by atoms with Gasteiger partial charge in [-0.3, -0.25) is 9.58 Å². The van der Waals surface area contributed by atoms with Crippen molar-refractivity contribution in [3.8, 4) is 5.75 Å². The summed E-state index contributed by atoms with van der Waals surface area (Å²) in [6, 6.07) is 5.19. The van der Waals surface area contributed by atoms with Gasteiger partial charge < -0.3 is 20.6 Å². The monoisotopic (exact) mass is 393 g/mol. The second kappa shape index (κ2) is 6.93. The van der Waals surface area contributed by atoms with Crippen LogP contribution in [0.5, 0.6) is 5.75 Å². The van der Waals surface area contributed by atoms with Gasteiger partial charge in [0, 0.05) is 63.4 Å². The third-order valence-corrected chi connectivity index (χ3v) is 5.57. The number of aromatic hydroxyl groups is 1. The predicted octanol–water partition coefficient (Wildman–Crippen LogP) is 1.68. The number of rotatable bonds is 2. The summed E-state index contributed by atoms with van der Waals surface area (Å²) in [4.78, 5) is 21.5. The van der Waals surface area contributed by atoms with Crippen LogP contribution < -0.4 is 20.4 Å². The third kappa shape index (κ3) is 3.03. The van der Waals surface area contributed by atoms with E-state index in [-0.39, 0.29) is 11.8 Å². The number of aromatic nitrogens is 3. The number of nitrogens with zero attached hydrogens (tertiary/aromatic N) is 5. The molecule has 0 bridgehead atoms. The molecule has 1 aromatic carbocycles. The summed E-state index contributed by atoms with van der Waals surface area (Å²) in [5.74, 6) is 0.714. The largest absolute Gasteiger partial charge is 0.505 e. The van der Waals surface area contributed by atoms with Crippen molar-refractivity contribution in [3.05, 3.63) is 36.2 Å². The Hall–Kier alpha value is -3.33. The van der Waals surface area contributed by atoms with Crippen molar-refractivity contribution in [1.29, 1.82) is 0 Å². The zero-order valence-corrected chi connectivity index (χ0v) is 16.2. The van der Waals surface area contributed by atoms with Crippen molar-refractivity contribution in [2.45, 2.75) is 6.42 Å². The van der Waals surface area contributed by atoms with Crippen molar-refractivity contribution >= 4 is 34.1 Å². The van der Waals surface area contributed by atoms with E-state index in [4.69, 9.17) is 0 Å². The average molecular weight is 393 g/mol. The maximum atomic E-state index is 13.0. The number of carbonyl (C=O) groups is 1. The van der Waals surface area contributed by atoms with Gasteiger partial charge in [0.25, 0.3) is 0 Å². The van der Waals surface area contributed by atoms with Crippen molar-refractivity contribution in [3.63, 3.8) is 0 Å². The van der Waals surface area contributed by atoms with Gasteiger partial charge in [-0.2, -0.15) is 5.10 Å². The zero-order chi connectivity index (χ0) is 20.0. The molecule has 2 aliphatic heterocycles. The van der Waals surface area contributed by atoms with E-state index in [9.17, 15) is 9.90 Å². The van der Waals surface area contributed by atoms with Gasteiger partial charge in [0.1, 0.15) is 11.6 Å². The summed E-state index contributed by atoms with van der Waals surface area (Å²) >= 11 is 0.